The predicted octanol–water partition coefficient (Wildman–Crippen LogP) is 3.08. The SMILES string of the molecule is CCc1cc(CC(CNC2CC2)C2CCCC2)n(C)n1. The number of aromatic nitrogens is 2. The third kappa shape index (κ3) is 3.43. The van der Waals surface area contributed by atoms with E-state index in [0.29, 0.717) is 0 Å². The number of hydrogen-bond acceptors (Lipinski definition) is 2. The van der Waals surface area contributed by atoms with E-state index < -0.39 is 0 Å². The van der Waals surface area contributed by atoms with Gasteiger partial charge in [-0.2, -0.15) is 5.10 Å². The molecule has 1 N–H and O–H groups in total. The van der Waals surface area contributed by atoms with Crippen LogP contribution in [0, 0.1) is 11.8 Å². The average Bonchev–Trinajstić information content (AvgIpc) is 2.98. The fourth-order valence-electron chi connectivity index (χ4n) is 3.64. The van der Waals surface area contributed by atoms with Crippen molar-refractivity contribution < 1.29 is 0 Å². The van der Waals surface area contributed by atoms with Crippen molar-refractivity contribution in [3.8, 4) is 0 Å². The van der Waals surface area contributed by atoms with Crippen molar-refractivity contribution in [1.82, 2.24) is 15.1 Å². The van der Waals surface area contributed by atoms with Crippen molar-refractivity contribution in [3.63, 3.8) is 0 Å². The molecule has 0 amide bonds. The summed E-state index contributed by atoms with van der Waals surface area (Å²) >= 11 is 0. The molecule has 0 aromatic carbocycles. The van der Waals surface area contributed by atoms with E-state index in [2.05, 4.69) is 35.1 Å². The molecule has 1 unspecified atom stereocenters. The summed E-state index contributed by atoms with van der Waals surface area (Å²) < 4.78 is 2.11. The molecule has 2 aliphatic rings. The molecule has 112 valence electrons. The summed E-state index contributed by atoms with van der Waals surface area (Å²) in [6.45, 7) is 3.40. The number of nitrogens with zero attached hydrogens (tertiary/aromatic N) is 2. The smallest absolute Gasteiger partial charge is 0.0624 e. The van der Waals surface area contributed by atoms with Crippen LogP contribution >= 0.6 is 0 Å². The van der Waals surface area contributed by atoms with E-state index in [1.165, 1.54) is 62.9 Å². The molecule has 1 heterocycles. The van der Waals surface area contributed by atoms with E-state index in [1.807, 2.05) is 0 Å². The number of hydrogen-bond donors (Lipinski definition) is 1. The molecule has 2 saturated carbocycles. The van der Waals surface area contributed by atoms with E-state index in [0.717, 1.165) is 24.3 Å². The molecule has 2 aliphatic carbocycles. The molecule has 3 rings (SSSR count). The van der Waals surface area contributed by atoms with Crippen LogP contribution in [0.3, 0.4) is 0 Å². The summed E-state index contributed by atoms with van der Waals surface area (Å²) in [5, 5.41) is 8.38. The fourth-order valence-corrected chi connectivity index (χ4v) is 3.64. The van der Waals surface area contributed by atoms with Gasteiger partial charge in [-0.3, -0.25) is 4.68 Å². The lowest BCUT2D eigenvalue weighted by molar-refractivity contribution is 0.315. The van der Waals surface area contributed by atoms with Crippen LogP contribution in [-0.2, 0) is 19.9 Å². The Kier molecular flexibility index (Phi) is 4.45. The Morgan fingerprint density at radius 1 is 1.30 bits per heavy atom. The zero-order valence-electron chi connectivity index (χ0n) is 13.1. The van der Waals surface area contributed by atoms with Crippen LogP contribution in [0.2, 0.25) is 0 Å². The van der Waals surface area contributed by atoms with Gasteiger partial charge in [-0.25, -0.2) is 0 Å². The highest BCUT2D eigenvalue weighted by molar-refractivity contribution is 5.11. The summed E-state index contributed by atoms with van der Waals surface area (Å²) in [6, 6.07) is 3.15. The monoisotopic (exact) mass is 275 g/mol. The summed E-state index contributed by atoms with van der Waals surface area (Å²) in [7, 11) is 2.11. The van der Waals surface area contributed by atoms with Gasteiger partial charge in [0.1, 0.15) is 0 Å². The Hall–Kier alpha value is -0.830. The number of nitrogens with one attached hydrogen (secondary N) is 1. The Labute approximate surface area is 123 Å². The third-order valence-electron chi connectivity index (χ3n) is 5.17. The molecule has 0 saturated heterocycles. The standard InChI is InChI=1S/C17H29N3/c1-3-15-11-17(20(2)19-15)10-14(12-18-16-8-9-16)13-6-4-5-7-13/h11,13-14,16,18H,3-10,12H2,1-2H3. The number of aryl methyl sites for hydroxylation is 2. The highest BCUT2D eigenvalue weighted by Gasteiger charge is 2.28. The molecule has 3 heteroatoms. The van der Waals surface area contributed by atoms with E-state index >= 15 is 0 Å². The second-order valence-corrected chi connectivity index (χ2v) is 6.80. The Morgan fingerprint density at radius 2 is 2.05 bits per heavy atom. The van der Waals surface area contributed by atoms with Crippen LogP contribution in [0.25, 0.3) is 0 Å². The molecule has 20 heavy (non-hydrogen) atoms. The molecule has 3 nitrogen and oxygen atoms in total. The first-order valence-corrected chi connectivity index (χ1v) is 8.51. The highest BCUT2D eigenvalue weighted by atomic mass is 15.3. The Balaban J connectivity index is 1.65. The van der Waals surface area contributed by atoms with Gasteiger partial charge in [0.15, 0.2) is 0 Å². The van der Waals surface area contributed by atoms with Gasteiger partial charge in [0.05, 0.1) is 5.69 Å². The second kappa shape index (κ2) is 6.30. The van der Waals surface area contributed by atoms with Crippen molar-refractivity contribution in [3.05, 3.63) is 17.5 Å². The molecule has 1 aromatic heterocycles. The maximum Gasteiger partial charge on any atom is 0.0624 e. The topological polar surface area (TPSA) is 29.9 Å². The van der Waals surface area contributed by atoms with Gasteiger partial charge in [-0.15, -0.1) is 0 Å². The second-order valence-electron chi connectivity index (χ2n) is 6.80. The molecule has 0 radical (unpaired) electrons. The maximum absolute atomic E-state index is 4.61. The van der Waals surface area contributed by atoms with Gasteiger partial charge >= 0.3 is 0 Å². The number of rotatable bonds is 7. The largest absolute Gasteiger partial charge is 0.314 e. The lowest BCUT2D eigenvalue weighted by Gasteiger charge is -2.24. The summed E-state index contributed by atoms with van der Waals surface area (Å²) in [4.78, 5) is 0. The molecular formula is C17H29N3. The molecule has 1 atom stereocenters. The zero-order chi connectivity index (χ0) is 13.9. The van der Waals surface area contributed by atoms with Gasteiger partial charge in [0.25, 0.3) is 0 Å². The zero-order valence-corrected chi connectivity index (χ0v) is 13.1. The van der Waals surface area contributed by atoms with E-state index in [4.69, 9.17) is 0 Å². The summed E-state index contributed by atoms with van der Waals surface area (Å²) in [5.41, 5.74) is 2.67. The highest BCUT2D eigenvalue weighted by Crippen LogP contribution is 2.33. The normalized spacial score (nSPS) is 21.5. The Bertz CT molecular complexity index is 427. The van der Waals surface area contributed by atoms with Crippen LogP contribution in [0.4, 0.5) is 0 Å². The predicted molar refractivity (Wildman–Crippen MR) is 82.8 cm³/mol. The Morgan fingerprint density at radius 3 is 2.65 bits per heavy atom. The summed E-state index contributed by atoms with van der Waals surface area (Å²) in [5.74, 6) is 1.74. The lowest BCUT2D eigenvalue weighted by Crippen LogP contribution is -2.30. The lowest BCUT2D eigenvalue weighted by atomic mass is 9.86. The minimum Gasteiger partial charge on any atom is -0.314 e. The average molecular weight is 275 g/mol. The van der Waals surface area contributed by atoms with E-state index in [9.17, 15) is 0 Å². The summed E-state index contributed by atoms with van der Waals surface area (Å²) in [6.07, 6.45) is 10.8. The molecule has 2 fully saturated rings. The van der Waals surface area contributed by atoms with Crippen molar-refractivity contribution in [2.75, 3.05) is 6.54 Å². The van der Waals surface area contributed by atoms with E-state index in [-0.39, 0.29) is 0 Å². The van der Waals surface area contributed by atoms with Crippen molar-refractivity contribution in [2.45, 2.75) is 64.3 Å². The molecular weight excluding hydrogens is 246 g/mol. The maximum atomic E-state index is 4.61. The van der Waals surface area contributed by atoms with Gasteiger partial charge in [0, 0.05) is 18.8 Å². The van der Waals surface area contributed by atoms with Crippen LogP contribution in [0.15, 0.2) is 6.07 Å². The van der Waals surface area contributed by atoms with Crippen molar-refractivity contribution in [1.29, 1.82) is 0 Å². The molecule has 0 spiro atoms. The molecule has 1 aromatic rings. The van der Waals surface area contributed by atoms with Crippen LogP contribution < -0.4 is 5.32 Å². The minimum atomic E-state index is 0.804. The third-order valence-corrected chi connectivity index (χ3v) is 5.17. The first kappa shape index (κ1) is 14.1. The van der Waals surface area contributed by atoms with Gasteiger partial charge in [0.2, 0.25) is 0 Å². The van der Waals surface area contributed by atoms with Crippen molar-refractivity contribution >= 4 is 0 Å². The van der Waals surface area contributed by atoms with Gasteiger partial charge in [-0.1, -0.05) is 32.6 Å². The van der Waals surface area contributed by atoms with Gasteiger partial charge in [-0.05, 0) is 50.1 Å². The minimum absolute atomic E-state index is 0.804. The van der Waals surface area contributed by atoms with Crippen LogP contribution in [-0.4, -0.2) is 22.4 Å². The van der Waals surface area contributed by atoms with E-state index in [1.54, 1.807) is 0 Å². The van der Waals surface area contributed by atoms with Crippen LogP contribution in [0.1, 0.15) is 56.8 Å². The van der Waals surface area contributed by atoms with Crippen LogP contribution in [0.5, 0.6) is 0 Å². The quantitative estimate of drug-likeness (QED) is 0.829. The molecule has 0 aliphatic heterocycles. The van der Waals surface area contributed by atoms with Gasteiger partial charge < -0.3 is 5.32 Å². The van der Waals surface area contributed by atoms with Crippen molar-refractivity contribution in [2.24, 2.45) is 18.9 Å². The first-order chi connectivity index (χ1) is 9.76. The first-order valence-electron chi connectivity index (χ1n) is 8.51. The fraction of sp³-hybridized carbons (Fsp3) is 0.824. The molecule has 0 bridgehead atoms.